The molecule has 4 aromatic rings. The van der Waals surface area contributed by atoms with E-state index in [1.54, 1.807) is 13.8 Å². The highest BCUT2D eigenvalue weighted by atomic mass is 32.2. The van der Waals surface area contributed by atoms with E-state index in [0.717, 1.165) is 33.9 Å². The third-order valence-electron chi connectivity index (χ3n) is 5.07. The zero-order chi connectivity index (χ0) is 26.2. The molecule has 2 aromatic heterocycles. The third kappa shape index (κ3) is 5.08. The standard InChI is InChI=1S/C23H18F3N3O4S3/c1-11-9-34-12(2)21(11)29-36(31,32)19-8-14(4-5-18(19)33-3)27-22(30)17-10-35-23(28-17)13-6-15(24)20(26)16(25)7-13/h4-10,29H,1-3H3,(H,27,30). The molecule has 0 aliphatic carbocycles. The molecule has 13 heteroatoms. The van der Waals surface area contributed by atoms with Crippen molar-refractivity contribution in [3.05, 3.63) is 74.7 Å². The van der Waals surface area contributed by atoms with Gasteiger partial charge in [0.2, 0.25) is 0 Å². The van der Waals surface area contributed by atoms with E-state index in [-0.39, 0.29) is 32.6 Å². The predicted octanol–water partition coefficient (Wildman–Crippen LogP) is 5.97. The van der Waals surface area contributed by atoms with Gasteiger partial charge in [0.15, 0.2) is 17.5 Å². The number of aromatic nitrogens is 1. The Morgan fingerprint density at radius 2 is 1.72 bits per heavy atom. The van der Waals surface area contributed by atoms with Gasteiger partial charge in [-0.25, -0.2) is 26.6 Å². The highest BCUT2D eigenvalue weighted by Crippen LogP contribution is 2.33. The minimum Gasteiger partial charge on any atom is -0.495 e. The molecule has 188 valence electrons. The van der Waals surface area contributed by atoms with E-state index in [9.17, 15) is 26.4 Å². The van der Waals surface area contributed by atoms with Crippen LogP contribution in [0.1, 0.15) is 20.9 Å². The lowest BCUT2D eigenvalue weighted by Gasteiger charge is -2.14. The van der Waals surface area contributed by atoms with Gasteiger partial charge in [-0.3, -0.25) is 9.52 Å². The zero-order valence-electron chi connectivity index (χ0n) is 19.0. The van der Waals surface area contributed by atoms with Crippen molar-refractivity contribution < 1.29 is 31.1 Å². The number of thiazole rings is 1. The Morgan fingerprint density at radius 1 is 1.03 bits per heavy atom. The normalized spacial score (nSPS) is 11.4. The number of carbonyl (C=O) groups is 1. The molecular weight excluding hydrogens is 535 g/mol. The number of aryl methyl sites for hydroxylation is 2. The molecule has 0 atom stereocenters. The van der Waals surface area contributed by atoms with Crippen molar-refractivity contribution in [2.45, 2.75) is 18.7 Å². The first kappa shape index (κ1) is 25.7. The molecule has 1 amide bonds. The summed E-state index contributed by atoms with van der Waals surface area (Å²) in [7, 11) is -2.75. The van der Waals surface area contributed by atoms with Gasteiger partial charge in [-0.15, -0.1) is 22.7 Å². The molecule has 2 N–H and O–H groups in total. The highest BCUT2D eigenvalue weighted by molar-refractivity contribution is 7.92. The number of halogens is 3. The van der Waals surface area contributed by atoms with Crippen LogP contribution in [-0.2, 0) is 10.0 Å². The number of hydrogen-bond donors (Lipinski definition) is 2. The fraction of sp³-hybridized carbons (Fsp3) is 0.130. The summed E-state index contributed by atoms with van der Waals surface area (Å²) in [6.07, 6.45) is 0. The Hall–Kier alpha value is -3.42. The van der Waals surface area contributed by atoms with Crippen LogP contribution in [0.2, 0.25) is 0 Å². The van der Waals surface area contributed by atoms with E-state index in [1.165, 1.54) is 42.0 Å². The minimum absolute atomic E-state index is 0.0293. The first-order chi connectivity index (χ1) is 17.0. The number of sulfonamides is 1. The summed E-state index contributed by atoms with van der Waals surface area (Å²) in [5.74, 6) is -4.97. The molecule has 4 rings (SSSR count). The molecule has 2 aromatic carbocycles. The van der Waals surface area contributed by atoms with Crippen LogP contribution in [0.5, 0.6) is 5.75 Å². The van der Waals surface area contributed by atoms with Crippen molar-refractivity contribution in [1.82, 2.24) is 4.98 Å². The summed E-state index contributed by atoms with van der Waals surface area (Å²) in [4.78, 5) is 17.4. The lowest BCUT2D eigenvalue weighted by Crippen LogP contribution is -2.16. The molecule has 36 heavy (non-hydrogen) atoms. The molecule has 0 saturated heterocycles. The van der Waals surface area contributed by atoms with Crippen LogP contribution < -0.4 is 14.8 Å². The van der Waals surface area contributed by atoms with E-state index in [4.69, 9.17) is 4.74 Å². The van der Waals surface area contributed by atoms with Crippen LogP contribution in [0.4, 0.5) is 24.5 Å². The fourth-order valence-corrected chi connectivity index (χ4v) is 6.31. The van der Waals surface area contributed by atoms with Gasteiger partial charge in [-0.2, -0.15) is 0 Å². The number of nitrogens with zero attached hydrogens (tertiary/aromatic N) is 1. The number of rotatable bonds is 7. The number of methoxy groups -OCH3 is 1. The average Bonchev–Trinajstić information content (AvgIpc) is 3.45. The van der Waals surface area contributed by atoms with Crippen LogP contribution in [-0.4, -0.2) is 26.4 Å². The minimum atomic E-state index is -4.07. The molecule has 0 fully saturated rings. The molecular formula is C23H18F3N3O4S3. The van der Waals surface area contributed by atoms with E-state index >= 15 is 0 Å². The quantitative estimate of drug-likeness (QED) is 0.275. The van der Waals surface area contributed by atoms with Gasteiger partial charge in [0, 0.05) is 21.5 Å². The summed E-state index contributed by atoms with van der Waals surface area (Å²) in [5.41, 5.74) is 1.28. The van der Waals surface area contributed by atoms with Gasteiger partial charge in [0.05, 0.1) is 12.8 Å². The number of carbonyl (C=O) groups excluding carboxylic acids is 1. The maximum atomic E-state index is 13.6. The zero-order valence-corrected chi connectivity index (χ0v) is 21.4. The van der Waals surface area contributed by atoms with Crippen molar-refractivity contribution in [2.24, 2.45) is 0 Å². The lowest BCUT2D eigenvalue weighted by molar-refractivity contribution is 0.102. The van der Waals surface area contributed by atoms with E-state index in [1.807, 2.05) is 5.38 Å². The Morgan fingerprint density at radius 3 is 2.33 bits per heavy atom. The van der Waals surface area contributed by atoms with Gasteiger partial charge < -0.3 is 10.1 Å². The molecule has 0 aliphatic rings. The summed E-state index contributed by atoms with van der Waals surface area (Å²) in [6, 6.07) is 5.66. The molecule has 0 aliphatic heterocycles. The number of hydrogen-bond acceptors (Lipinski definition) is 7. The van der Waals surface area contributed by atoms with Crippen LogP contribution in [0.15, 0.2) is 46.0 Å². The SMILES string of the molecule is COc1ccc(NC(=O)c2csc(-c3cc(F)c(F)c(F)c3)n2)cc1S(=O)(=O)Nc1c(C)csc1C. The predicted molar refractivity (Wildman–Crippen MR) is 133 cm³/mol. The lowest BCUT2D eigenvalue weighted by atomic mass is 10.2. The van der Waals surface area contributed by atoms with Crippen LogP contribution in [0.3, 0.4) is 0 Å². The van der Waals surface area contributed by atoms with E-state index in [2.05, 4.69) is 15.0 Å². The van der Waals surface area contributed by atoms with Crippen molar-refractivity contribution in [3.63, 3.8) is 0 Å². The molecule has 2 heterocycles. The van der Waals surface area contributed by atoms with Crippen molar-refractivity contribution in [3.8, 4) is 16.3 Å². The molecule has 0 spiro atoms. The van der Waals surface area contributed by atoms with Gasteiger partial charge in [-0.05, 0) is 55.1 Å². The maximum Gasteiger partial charge on any atom is 0.275 e. The van der Waals surface area contributed by atoms with E-state index < -0.39 is 33.4 Å². The first-order valence-electron chi connectivity index (χ1n) is 10.2. The van der Waals surface area contributed by atoms with E-state index in [0.29, 0.717) is 5.69 Å². The maximum absolute atomic E-state index is 13.6. The summed E-state index contributed by atoms with van der Waals surface area (Å²) in [5, 5.41) is 5.84. The second kappa shape index (κ2) is 9.91. The highest BCUT2D eigenvalue weighted by Gasteiger charge is 2.23. The molecule has 0 radical (unpaired) electrons. The number of amides is 1. The van der Waals surface area contributed by atoms with Gasteiger partial charge in [0.25, 0.3) is 15.9 Å². The van der Waals surface area contributed by atoms with Gasteiger partial charge >= 0.3 is 0 Å². The first-order valence-corrected chi connectivity index (χ1v) is 13.4. The number of benzene rings is 2. The van der Waals surface area contributed by atoms with Gasteiger partial charge in [0.1, 0.15) is 21.3 Å². The summed E-state index contributed by atoms with van der Waals surface area (Å²) in [6.45, 7) is 3.58. The molecule has 0 unspecified atom stereocenters. The Bertz CT molecular complexity index is 1540. The number of anilines is 2. The molecule has 0 saturated carbocycles. The average molecular weight is 554 g/mol. The molecule has 0 bridgehead atoms. The second-order valence-electron chi connectivity index (χ2n) is 7.57. The Labute approximate surface area is 212 Å². The number of ether oxygens (including phenoxy) is 1. The second-order valence-corrected chi connectivity index (χ2v) is 11.2. The third-order valence-corrected chi connectivity index (χ3v) is 8.37. The van der Waals surface area contributed by atoms with Gasteiger partial charge in [-0.1, -0.05) is 0 Å². The van der Waals surface area contributed by atoms with Crippen molar-refractivity contribution in [1.29, 1.82) is 0 Å². The molecule has 7 nitrogen and oxygen atoms in total. The van der Waals surface area contributed by atoms with Crippen LogP contribution in [0, 0.1) is 31.3 Å². The Balaban J connectivity index is 1.59. The van der Waals surface area contributed by atoms with Crippen molar-refractivity contribution in [2.75, 3.05) is 17.1 Å². The van der Waals surface area contributed by atoms with Crippen molar-refractivity contribution >= 4 is 50.0 Å². The smallest absolute Gasteiger partial charge is 0.275 e. The fourth-order valence-electron chi connectivity index (χ4n) is 3.26. The number of thiophene rings is 1. The number of nitrogens with one attached hydrogen (secondary N) is 2. The van der Waals surface area contributed by atoms with Crippen LogP contribution >= 0.6 is 22.7 Å². The largest absolute Gasteiger partial charge is 0.495 e. The van der Waals surface area contributed by atoms with Crippen LogP contribution in [0.25, 0.3) is 10.6 Å². The monoisotopic (exact) mass is 553 g/mol. The topological polar surface area (TPSA) is 97.4 Å². The summed E-state index contributed by atoms with van der Waals surface area (Å²) < 4.78 is 74.4. The Kier molecular flexibility index (Phi) is 7.07. The summed E-state index contributed by atoms with van der Waals surface area (Å²) >= 11 is 2.34.